The quantitative estimate of drug-likeness (QED) is 0.382. The van der Waals surface area contributed by atoms with Gasteiger partial charge in [0.05, 0.1) is 6.20 Å². The van der Waals surface area contributed by atoms with Crippen molar-refractivity contribution >= 4 is 33.9 Å². The van der Waals surface area contributed by atoms with Crippen molar-refractivity contribution in [1.29, 1.82) is 10.8 Å². The fraction of sp³-hybridized carbons (Fsp3) is 0.154. The third-order valence-electron chi connectivity index (χ3n) is 2.68. The zero-order chi connectivity index (χ0) is 15.2. The molecule has 0 saturated heterocycles. The Morgan fingerprint density at radius 3 is 2.48 bits per heavy atom. The number of nitrogens with one attached hydrogen (secondary N) is 2. The number of imidazole rings is 1. The summed E-state index contributed by atoms with van der Waals surface area (Å²) in [5, 5.41) is 15.5. The van der Waals surface area contributed by atoms with Gasteiger partial charge in [0.2, 0.25) is 0 Å². The summed E-state index contributed by atoms with van der Waals surface area (Å²) in [6.45, 7) is 0. The normalized spacial score (nSPS) is 10.5. The smallest absolute Gasteiger partial charge is 0.157 e. The molecule has 1 heterocycles. The van der Waals surface area contributed by atoms with Crippen molar-refractivity contribution in [1.82, 2.24) is 9.55 Å². The number of nitrogens with two attached hydrogens (primary N) is 2. The van der Waals surface area contributed by atoms with Crippen molar-refractivity contribution in [3.05, 3.63) is 42.4 Å². The predicted octanol–water partition coefficient (Wildman–Crippen LogP) is 2.03. The molecule has 0 radical (unpaired) electrons. The van der Waals surface area contributed by atoms with E-state index < -0.39 is 0 Å². The largest absolute Gasteiger partial charge is 0.379 e. The highest BCUT2D eigenvalue weighted by molar-refractivity contribution is 8.13. The number of hydrogen-bond acceptors (Lipinski definition) is 5. The first kappa shape index (κ1) is 15.5. The van der Waals surface area contributed by atoms with E-state index in [1.54, 1.807) is 12.5 Å². The summed E-state index contributed by atoms with van der Waals surface area (Å²) in [5.74, 6) is 0.797. The molecular weight excluding hydrogens is 304 g/mol. The minimum atomic E-state index is 0.0367. The van der Waals surface area contributed by atoms with E-state index >= 15 is 0 Å². The van der Waals surface area contributed by atoms with Gasteiger partial charge in [-0.1, -0.05) is 23.9 Å². The van der Waals surface area contributed by atoms with Crippen LogP contribution in [0.3, 0.4) is 0 Å². The average Bonchev–Trinajstić information content (AvgIpc) is 2.86. The number of thioether (sulfide) groups is 2. The maximum Gasteiger partial charge on any atom is 0.157 e. The molecule has 8 heteroatoms. The Morgan fingerprint density at radius 1 is 1.14 bits per heavy atom. The van der Waals surface area contributed by atoms with E-state index in [0.717, 1.165) is 22.9 Å². The van der Waals surface area contributed by atoms with Crippen LogP contribution in [-0.2, 0) is 6.42 Å². The maximum absolute atomic E-state index is 7.34. The summed E-state index contributed by atoms with van der Waals surface area (Å²) in [7, 11) is 0. The van der Waals surface area contributed by atoms with Crippen molar-refractivity contribution in [2.75, 3.05) is 5.75 Å². The lowest BCUT2D eigenvalue weighted by atomic mass is 10.1. The molecule has 2 aromatic rings. The van der Waals surface area contributed by atoms with Crippen LogP contribution in [0.1, 0.15) is 5.56 Å². The second-order valence-electron chi connectivity index (χ2n) is 4.20. The number of aryl methyl sites for hydroxylation is 1. The molecule has 0 atom stereocenters. The van der Waals surface area contributed by atoms with Gasteiger partial charge >= 0.3 is 0 Å². The van der Waals surface area contributed by atoms with Gasteiger partial charge < -0.3 is 11.5 Å². The van der Waals surface area contributed by atoms with Crippen LogP contribution >= 0.6 is 23.5 Å². The van der Waals surface area contributed by atoms with Crippen molar-refractivity contribution in [3.8, 4) is 5.69 Å². The van der Waals surface area contributed by atoms with Crippen molar-refractivity contribution in [2.45, 2.75) is 11.4 Å². The van der Waals surface area contributed by atoms with E-state index in [1.807, 2.05) is 28.8 Å². The lowest BCUT2D eigenvalue weighted by molar-refractivity contribution is 0.951. The minimum absolute atomic E-state index is 0.0367. The van der Waals surface area contributed by atoms with Gasteiger partial charge in [0, 0.05) is 11.4 Å². The predicted molar refractivity (Wildman–Crippen MR) is 89.4 cm³/mol. The lowest BCUT2D eigenvalue weighted by Gasteiger charge is -2.08. The molecule has 6 N–H and O–H groups in total. The van der Waals surface area contributed by atoms with Crippen molar-refractivity contribution in [3.63, 3.8) is 0 Å². The van der Waals surface area contributed by atoms with E-state index in [-0.39, 0.29) is 10.3 Å². The molecule has 0 saturated carbocycles. The van der Waals surface area contributed by atoms with Crippen LogP contribution in [0.5, 0.6) is 0 Å². The van der Waals surface area contributed by atoms with Gasteiger partial charge in [-0.05, 0) is 35.9 Å². The van der Waals surface area contributed by atoms with Crippen molar-refractivity contribution in [2.24, 2.45) is 11.5 Å². The number of nitrogens with zero attached hydrogens (tertiary/aromatic N) is 2. The zero-order valence-electron chi connectivity index (χ0n) is 11.2. The first-order valence-electron chi connectivity index (χ1n) is 6.16. The Labute approximate surface area is 131 Å². The third-order valence-corrected chi connectivity index (χ3v) is 4.13. The first-order chi connectivity index (χ1) is 10.1. The average molecular weight is 320 g/mol. The molecule has 0 bridgehead atoms. The summed E-state index contributed by atoms with van der Waals surface area (Å²) < 4.78 is 1.89. The minimum Gasteiger partial charge on any atom is -0.379 e. The van der Waals surface area contributed by atoms with Gasteiger partial charge in [-0.25, -0.2) is 4.98 Å². The molecule has 21 heavy (non-hydrogen) atoms. The number of benzene rings is 1. The summed E-state index contributed by atoms with van der Waals surface area (Å²) in [6, 6.07) is 8.08. The lowest BCUT2D eigenvalue weighted by Crippen LogP contribution is -2.06. The molecule has 0 aliphatic heterocycles. The Bertz CT molecular complexity index is 634. The molecule has 0 fully saturated rings. The topological polar surface area (TPSA) is 118 Å². The summed E-state index contributed by atoms with van der Waals surface area (Å²) in [4.78, 5) is 4.09. The molecular formula is C13H16N6S2. The molecule has 110 valence electrons. The number of rotatable bonds is 5. The monoisotopic (exact) mass is 320 g/mol. The van der Waals surface area contributed by atoms with Gasteiger partial charge in [0.1, 0.15) is 11.4 Å². The standard InChI is InChI=1S/C13H16N6S2/c14-12(15)20-6-5-9-1-3-10(4-2-9)19-8-18-7-11(19)21-13(16)17/h1-4,7-8H,5-6H2,(H3,14,15)(H3,16,17). The molecule has 0 aliphatic carbocycles. The highest BCUT2D eigenvalue weighted by Gasteiger charge is 2.06. The van der Waals surface area contributed by atoms with Gasteiger partial charge in [-0.15, -0.1) is 0 Å². The second-order valence-corrected chi connectivity index (χ2v) is 6.40. The molecule has 1 aromatic heterocycles. The van der Waals surface area contributed by atoms with Gasteiger partial charge in [-0.2, -0.15) is 0 Å². The van der Waals surface area contributed by atoms with Gasteiger partial charge in [0.25, 0.3) is 0 Å². The Kier molecular flexibility index (Phi) is 5.29. The first-order valence-corrected chi connectivity index (χ1v) is 7.97. The van der Waals surface area contributed by atoms with Crippen LogP contribution in [0.4, 0.5) is 0 Å². The van der Waals surface area contributed by atoms with Crippen LogP contribution in [0.25, 0.3) is 5.69 Å². The van der Waals surface area contributed by atoms with Crippen molar-refractivity contribution < 1.29 is 0 Å². The summed E-state index contributed by atoms with van der Waals surface area (Å²) in [5.41, 5.74) is 12.9. The Hall–Kier alpha value is -1.93. The Balaban J connectivity index is 2.07. The van der Waals surface area contributed by atoms with E-state index in [1.165, 1.54) is 29.1 Å². The Morgan fingerprint density at radius 2 is 1.86 bits per heavy atom. The maximum atomic E-state index is 7.34. The fourth-order valence-corrected chi connectivity index (χ4v) is 2.91. The molecule has 6 nitrogen and oxygen atoms in total. The third kappa shape index (κ3) is 4.54. The van der Waals surface area contributed by atoms with E-state index in [0.29, 0.717) is 0 Å². The number of aromatic nitrogens is 2. The van der Waals surface area contributed by atoms with Gasteiger partial charge in [-0.3, -0.25) is 15.4 Å². The van der Waals surface area contributed by atoms with Gasteiger partial charge in [0.15, 0.2) is 10.3 Å². The second kappa shape index (κ2) is 7.19. The molecule has 0 aliphatic rings. The SMILES string of the molecule is N=C(N)SCCc1ccc(-n2cncc2SC(=N)N)cc1. The summed E-state index contributed by atoms with van der Waals surface area (Å²) in [6.07, 6.45) is 4.25. The van der Waals surface area contributed by atoms with E-state index in [9.17, 15) is 0 Å². The van der Waals surface area contributed by atoms with E-state index in [4.69, 9.17) is 22.3 Å². The zero-order valence-corrected chi connectivity index (χ0v) is 12.9. The fourth-order valence-electron chi connectivity index (χ4n) is 1.77. The van der Waals surface area contributed by atoms with E-state index in [2.05, 4.69) is 4.98 Å². The molecule has 0 amide bonds. The highest BCUT2D eigenvalue weighted by Crippen LogP contribution is 2.21. The molecule has 0 spiro atoms. The molecule has 0 unspecified atom stereocenters. The van der Waals surface area contributed by atoms with Crippen LogP contribution in [-0.4, -0.2) is 25.6 Å². The van der Waals surface area contributed by atoms with Crippen LogP contribution in [0.2, 0.25) is 0 Å². The molecule has 1 aromatic carbocycles. The molecule has 2 rings (SSSR count). The highest BCUT2D eigenvalue weighted by atomic mass is 32.2. The number of amidine groups is 2. The van der Waals surface area contributed by atoms with Crippen LogP contribution in [0, 0.1) is 10.8 Å². The van der Waals surface area contributed by atoms with Crippen LogP contribution in [0.15, 0.2) is 41.8 Å². The van der Waals surface area contributed by atoms with Crippen LogP contribution < -0.4 is 11.5 Å². The number of hydrogen-bond donors (Lipinski definition) is 4. The summed E-state index contributed by atoms with van der Waals surface area (Å²) >= 11 is 2.51.